The van der Waals surface area contributed by atoms with E-state index in [4.69, 9.17) is 12.2 Å². The largest absolute Gasteiger partial charge is 0.388 e. The van der Waals surface area contributed by atoms with Crippen LogP contribution in [0.15, 0.2) is 0 Å². The van der Waals surface area contributed by atoms with Gasteiger partial charge in [0.15, 0.2) is 10.6 Å². The van der Waals surface area contributed by atoms with Crippen LogP contribution in [0.4, 0.5) is 0 Å². The maximum absolute atomic E-state index is 9.36. The van der Waals surface area contributed by atoms with Gasteiger partial charge >= 0.3 is 0 Å². The molecule has 2 fully saturated rings. The second-order valence-electron chi connectivity index (χ2n) is 5.50. The van der Waals surface area contributed by atoms with Gasteiger partial charge in [-0.3, -0.25) is 9.67 Å². The summed E-state index contributed by atoms with van der Waals surface area (Å²) in [6.07, 6.45) is 6.14. The van der Waals surface area contributed by atoms with Crippen LogP contribution in [-0.2, 0) is 6.61 Å². The van der Waals surface area contributed by atoms with Crippen LogP contribution in [-0.4, -0.2) is 43.9 Å². The smallest absolute Gasteiger partial charge is 0.195 e. The quantitative estimate of drug-likeness (QED) is 0.800. The molecule has 0 spiro atoms. The van der Waals surface area contributed by atoms with Gasteiger partial charge in [-0.05, 0) is 44.9 Å². The molecule has 0 amide bonds. The van der Waals surface area contributed by atoms with E-state index in [2.05, 4.69) is 22.1 Å². The SMILES string of the molecule is CN1C2CCCC1CC(n1c(CO)n[nH]c1=S)C2. The molecule has 3 rings (SSSR count). The van der Waals surface area contributed by atoms with Crippen LogP contribution in [0, 0.1) is 4.77 Å². The summed E-state index contributed by atoms with van der Waals surface area (Å²) in [7, 11) is 2.24. The number of hydrogen-bond acceptors (Lipinski definition) is 4. The average Bonchev–Trinajstić information content (AvgIpc) is 2.70. The van der Waals surface area contributed by atoms with Gasteiger partial charge in [-0.2, -0.15) is 5.10 Å². The highest BCUT2D eigenvalue weighted by Gasteiger charge is 2.37. The van der Waals surface area contributed by atoms with E-state index in [1.165, 1.54) is 19.3 Å². The molecule has 5 nitrogen and oxygen atoms in total. The maximum Gasteiger partial charge on any atom is 0.195 e. The second kappa shape index (κ2) is 4.75. The molecule has 3 heterocycles. The minimum atomic E-state index is -0.0468. The van der Waals surface area contributed by atoms with Gasteiger partial charge in [-0.15, -0.1) is 0 Å². The molecular weight excluding hydrogens is 248 g/mol. The highest BCUT2D eigenvalue weighted by Crippen LogP contribution is 2.38. The fourth-order valence-corrected chi connectivity index (χ4v) is 3.92. The van der Waals surface area contributed by atoms with E-state index in [0.29, 0.717) is 28.7 Å². The number of fused-ring (bicyclic) bond motifs is 2. The highest BCUT2D eigenvalue weighted by atomic mass is 32.1. The normalized spacial score (nSPS) is 32.7. The van der Waals surface area contributed by atoms with Crippen molar-refractivity contribution in [2.45, 2.75) is 56.8 Å². The molecule has 18 heavy (non-hydrogen) atoms. The summed E-state index contributed by atoms with van der Waals surface area (Å²) >= 11 is 5.30. The minimum absolute atomic E-state index is 0.0468. The summed E-state index contributed by atoms with van der Waals surface area (Å²) in [6.45, 7) is -0.0468. The standard InChI is InChI=1S/C12H20N4OS/c1-15-8-3-2-4-9(15)6-10(5-8)16-11(7-17)13-14-12(16)18/h8-10,17H,2-7H2,1H3,(H,14,18). The molecular formula is C12H20N4OS. The first-order valence-electron chi connectivity index (χ1n) is 6.69. The summed E-state index contributed by atoms with van der Waals surface area (Å²) in [5.74, 6) is 0.674. The summed E-state index contributed by atoms with van der Waals surface area (Å²) in [5, 5.41) is 16.3. The Bertz CT molecular complexity index is 469. The first-order chi connectivity index (χ1) is 8.70. The molecule has 2 saturated heterocycles. The van der Waals surface area contributed by atoms with Crippen molar-refractivity contribution in [3.8, 4) is 0 Å². The van der Waals surface area contributed by atoms with Gasteiger partial charge in [-0.25, -0.2) is 0 Å². The van der Waals surface area contributed by atoms with E-state index in [-0.39, 0.29) is 6.61 Å². The first-order valence-corrected chi connectivity index (χ1v) is 7.10. The number of piperidine rings is 2. The van der Waals surface area contributed by atoms with Gasteiger partial charge in [-0.1, -0.05) is 6.42 Å². The van der Waals surface area contributed by atoms with Crippen molar-refractivity contribution in [1.82, 2.24) is 19.7 Å². The summed E-state index contributed by atoms with van der Waals surface area (Å²) in [4.78, 5) is 2.53. The van der Waals surface area contributed by atoms with Crippen molar-refractivity contribution in [3.63, 3.8) is 0 Å². The molecule has 0 aliphatic carbocycles. The lowest BCUT2D eigenvalue weighted by atomic mass is 9.82. The molecule has 2 bridgehead atoms. The number of nitrogens with one attached hydrogen (secondary N) is 1. The van der Waals surface area contributed by atoms with Gasteiger partial charge in [0, 0.05) is 18.1 Å². The predicted octanol–water partition coefficient (Wildman–Crippen LogP) is 1.62. The monoisotopic (exact) mass is 268 g/mol. The van der Waals surface area contributed by atoms with E-state index in [9.17, 15) is 5.11 Å². The third-order valence-electron chi connectivity index (χ3n) is 4.60. The van der Waals surface area contributed by atoms with Crippen LogP contribution in [0.2, 0.25) is 0 Å². The number of hydrogen-bond donors (Lipinski definition) is 2. The van der Waals surface area contributed by atoms with Crippen LogP contribution < -0.4 is 0 Å². The molecule has 2 N–H and O–H groups in total. The molecule has 100 valence electrons. The number of aliphatic hydroxyl groups is 1. The number of aromatic nitrogens is 3. The van der Waals surface area contributed by atoms with Gasteiger partial charge < -0.3 is 10.0 Å². The molecule has 1 aromatic rings. The van der Waals surface area contributed by atoms with Gasteiger partial charge in [0.25, 0.3) is 0 Å². The van der Waals surface area contributed by atoms with Crippen molar-refractivity contribution >= 4 is 12.2 Å². The predicted molar refractivity (Wildman–Crippen MR) is 70.8 cm³/mol. The van der Waals surface area contributed by atoms with E-state index >= 15 is 0 Å². The summed E-state index contributed by atoms with van der Waals surface area (Å²) < 4.78 is 2.68. The molecule has 2 aliphatic heterocycles. The topological polar surface area (TPSA) is 57.1 Å². The molecule has 0 saturated carbocycles. The Morgan fingerprint density at radius 1 is 1.33 bits per heavy atom. The third-order valence-corrected chi connectivity index (χ3v) is 4.89. The summed E-state index contributed by atoms with van der Waals surface area (Å²) in [5.41, 5.74) is 0. The fourth-order valence-electron chi connectivity index (χ4n) is 3.62. The zero-order valence-electron chi connectivity index (χ0n) is 10.7. The number of nitrogens with zero attached hydrogens (tertiary/aromatic N) is 3. The molecule has 0 aromatic carbocycles. The van der Waals surface area contributed by atoms with Crippen molar-refractivity contribution in [3.05, 3.63) is 10.6 Å². The van der Waals surface area contributed by atoms with Crippen LogP contribution >= 0.6 is 12.2 Å². The molecule has 0 radical (unpaired) electrons. The fraction of sp³-hybridized carbons (Fsp3) is 0.833. The number of aromatic amines is 1. The lowest BCUT2D eigenvalue weighted by Gasteiger charge is -2.47. The zero-order chi connectivity index (χ0) is 12.7. The van der Waals surface area contributed by atoms with Gasteiger partial charge in [0.1, 0.15) is 6.61 Å². The Labute approximate surface area is 112 Å². The van der Waals surface area contributed by atoms with Gasteiger partial charge in [0.05, 0.1) is 0 Å². The van der Waals surface area contributed by atoms with Gasteiger partial charge in [0.2, 0.25) is 0 Å². The number of H-pyrrole nitrogens is 1. The third kappa shape index (κ3) is 1.92. The van der Waals surface area contributed by atoms with Crippen molar-refractivity contribution < 1.29 is 5.11 Å². The van der Waals surface area contributed by atoms with E-state index in [1.54, 1.807) is 0 Å². The highest BCUT2D eigenvalue weighted by molar-refractivity contribution is 7.71. The summed E-state index contributed by atoms with van der Waals surface area (Å²) in [6, 6.07) is 1.71. The lowest BCUT2D eigenvalue weighted by Crippen LogP contribution is -2.50. The number of rotatable bonds is 2. The Balaban J connectivity index is 1.89. The van der Waals surface area contributed by atoms with E-state index in [1.807, 2.05) is 4.57 Å². The molecule has 6 heteroatoms. The van der Waals surface area contributed by atoms with Crippen LogP contribution in [0.3, 0.4) is 0 Å². The second-order valence-corrected chi connectivity index (χ2v) is 5.89. The molecule has 2 atom stereocenters. The van der Waals surface area contributed by atoms with E-state index in [0.717, 1.165) is 12.8 Å². The molecule has 2 aliphatic rings. The van der Waals surface area contributed by atoms with Crippen molar-refractivity contribution in [1.29, 1.82) is 0 Å². The Morgan fingerprint density at radius 3 is 2.61 bits per heavy atom. The Hall–Kier alpha value is -0.720. The number of aliphatic hydroxyl groups excluding tert-OH is 1. The Morgan fingerprint density at radius 2 is 2.00 bits per heavy atom. The Kier molecular flexibility index (Phi) is 3.25. The maximum atomic E-state index is 9.36. The van der Waals surface area contributed by atoms with Crippen molar-refractivity contribution in [2.24, 2.45) is 0 Å². The first kappa shape index (κ1) is 12.3. The van der Waals surface area contributed by atoms with Crippen LogP contribution in [0.25, 0.3) is 0 Å². The molecule has 1 aromatic heterocycles. The van der Waals surface area contributed by atoms with Crippen LogP contribution in [0.1, 0.15) is 44.0 Å². The molecule has 2 unspecified atom stereocenters. The van der Waals surface area contributed by atoms with Crippen molar-refractivity contribution in [2.75, 3.05) is 7.05 Å². The lowest BCUT2D eigenvalue weighted by molar-refractivity contribution is 0.0380. The van der Waals surface area contributed by atoms with Crippen LogP contribution in [0.5, 0.6) is 0 Å². The average molecular weight is 268 g/mol. The zero-order valence-corrected chi connectivity index (χ0v) is 11.5. The minimum Gasteiger partial charge on any atom is -0.388 e. The van der Waals surface area contributed by atoms with E-state index < -0.39 is 0 Å².